The van der Waals surface area contributed by atoms with Gasteiger partial charge in [-0.2, -0.15) is 43.9 Å². The SMILES string of the molecule is O=C(NC1CCCCC1)OCC(F)(F)C(F)(F)C(F)(F)C(F)(F)C(F)(F)C(F)F. The third kappa shape index (κ3) is 4.62. The van der Waals surface area contributed by atoms with Crippen LogP contribution >= 0.6 is 0 Å². The molecule has 0 aromatic carbocycles. The Labute approximate surface area is 155 Å². The van der Waals surface area contributed by atoms with Crippen molar-refractivity contribution in [1.29, 1.82) is 0 Å². The van der Waals surface area contributed by atoms with Crippen LogP contribution in [0, 0.1) is 0 Å². The minimum absolute atomic E-state index is 0.370. The summed E-state index contributed by atoms with van der Waals surface area (Å²) in [6, 6.07) is -0.596. The number of carbonyl (C=O) groups excluding carboxylic acids is 1. The molecule has 0 aromatic rings. The second kappa shape index (κ2) is 8.28. The molecule has 0 aliphatic heterocycles. The van der Waals surface area contributed by atoms with E-state index in [0.717, 1.165) is 6.42 Å². The minimum atomic E-state index is -7.63. The first-order valence-corrected chi connectivity index (χ1v) is 8.02. The maximum atomic E-state index is 13.5. The summed E-state index contributed by atoms with van der Waals surface area (Å²) in [5.41, 5.74) is 0. The number of hydrogen-bond acceptors (Lipinski definition) is 2. The number of hydrogen-bond donors (Lipinski definition) is 1. The van der Waals surface area contributed by atoms with Gasteiger partial charge in [-0.3, -0.25) is 0 Å². The number of ether oxygens (including phenoxy) is 1. The maximum absolute atomic E-state index is 13.5. The second-order valence-corrected chi connectivity index (χ2v) is 6.41. The van der Waals surface area contributed by atoms with Gasteiger partial charge in [0, 0.05) is 6.04 Å². The molecule has 172 valence electrons. The normalized spacial score (nSPS) is 18.1. The first kappa shape index (κ1) is 25.5. The fourth-order valence-corrected chi connectivity index (χ4v) is 2.48. The average Bonchev–Trinajstić information content (AvgIpc) is 2.60. The Morgan fingerprint density at radius 1 is 0.828 bits per heavy atom. The van der Waals surface area contributed by atoms with Crippen molar-refractivity contribution in [2.45, 2.75) is 74.2 Å². The van der Waals surface area contributed by atoms with Crippen molar-refractivity contribution in [3.63, 3.8) is 0 Å². The molecule has 1 fully saturated rings. The lowest BCUT2D eigenvalue weighted by Crippen LogP contribution is -2.69. The van der Waals surface area contributed by atoms with Gasteiger partial charge in [-0.15, -0.1) is 0 Å². The highest BCUT2D eigenvalue weighted by molar-refractivity contribution is 5.67. The number of amides is 1. The van der Waals surface area contributed by atoms with Gasteiger partial charge in [0.05, 0.1) is 0 Å². The largest absolute Gasteiger partial charge is 0.443 e. The highest BCUT2D eigenvalue weighted by Crippen LogP contribution is 2.58. The van der Waals surface area contributed by atoms with E-state index in [1.165, 1.54) is 0 Å². The molecule has 0 saturated heterocycles. The van der Waals surface area contributed by atoms with Crippen molar-refractivity contribution in [3.05, 3.63) is 0 Å². The predicted molar refractivity (Wildman–Crippen MR) is 72.1 cm³/mol. The van der Waals surface area contributed by atoms with Crippen LogP contribution in [0.3, 0.4) is 0 Å². The van der Waals surface area contributed by atoms with Gasteiger partial charge in [-0.25, -0.2) is 13.6 Å². The Balaban J connectivity index is 2.94. The quantitative estimate of drug-likeness (QED) is 0.490. The van der Waals surface area contributed by atoms with Crippen molar-refractivity contribution in [2.24, 2.45) is 0 Å². The summed E-state index contributed by atoms with van der Waals surface area (Å²) in [7, 11) is 0. The van der Waals surface area contributed by atoms with Gasteiger partial charge < -0.3 is 10.1 Å². The summed E-state index contributed by atoms with van der Waals surface area (Å²) in [5.74, 6) is -35.8. The van der Waals surface area contributed by atoms with Gasteiger partial charge in [-0.1, -0.05) is 19.3 Å². The lowest BCUT2D eigenvalue weighted by Gasteiger charge is -2.38. The molecule has 0 aromatic heterocycles. The highest BCUT2D eigenvalue weighted by Gasteiger charge is 2.87. The number of nitrogens with one attached hydrogen (secondary N) is 1. The zero-order valence-electron chi connectivity index (χ0n) is 14.2. The number of halogens is 12. The summed E-state index contributed by atoms with van der Waals surface area (Å²) >= 11 is 0. The van der Waals surface area contributed by atoms with Gasteiger partial charge in [0.1, 0.15) is 0 Å². The second-order valence-electron chi connectivity index (χ2n) is 6.41. The van der Waals surface area contributed by atoms with Crippen LogP contribution in [0.5, 0.6) is 0 Å². The van der Waals surface area contributed by atoms with Gasteiger partial charge in [0.2, 0.25) is 0 Å². The number of rotatable bonds is 8. The van der Waals surface area contributed by atoms with E-state index in [4.69, 9.17) is 0 Å². The third-order valence-electron chi connectivity index (χ3n) is 4.25. The lowest BCUT2D eigenvalue weighted by molar-refractivity contribution is -0.414. The van der Waals surface area contributed by atoms with E-state index in [9.17, 15) is 57.5 Å². The Hall–Kier alpha value is -1.57. The average molecular weight is 457 g/mol. The first-order chi connectivity index (χ1) is 12.9. The maximum Gasteiger partial charge on any atom is 0.407 e. The van der Waals surface area contributed by atoms with Crippen molar-refractivity contribution in [2.75, 3.05) is 6.61 Å². The van der Waals surface area contributed by atoms with E-state index < -0.39 is 54.8 Å². The Bertz CT molecular complexity index is 575. The predicted octanol–water partition coefficient (Wildman–Crippen LogP) is 5.49. The van der Waals surface area contributed by atoms with Crippen LogP contribution in [-0.4, -0.2) is 54.8 Å². The molecule has 0 heterocycles. The Morgan fingerprint density at radius 3 is 1.76 bits per heavy atom. The number of alkyl halides is 12. The van der Waals surface area contributed by atoms with E-state index in [-0.39, 0.29) is 0 Å². The van der Waals surface area contributed by atoms with Crippen LogP contribution in [0.25, 0.3) is 0 Å². The zero-order chi connectivity index (χ0) is 22.9. The van der Waals surface area contributed by atoms with E-state index >= 15 is 0 Å². The molecule has 1 amide bonds. The van der Waals surface area contributed by atoms with Crippen LogP contribution in [0.15, 0.2) is 0 Å². The molecule has 0 atom stereocenters. The molecular weight excluding hydrogens is 442 g/mol. The molecule has 0 radical (unpaired) electrons. The Morgan fingerprint density at radius 2 is 1.31 bits per heavy atom. The van der Waals surface area contributed by atoms with Crippen molar-refractivity contribution in [3.8, 4) is 0 Å². The molecule has 0 bridgehead atoms. The fraction of sp³-hybridized carbons (Fsp3) is 0.929. The molecule has 3 nitrogen and oxygen atoms in total. The summed E-state index contributed by atoms with van der Waals surface area (Å²) in [6.07, 6.45) is -4.55. The molecule has 29 heavy (non-hydrogen) atoms. The molecule has 1 aliphatic rings. The van der Waals surface area contributed by atoms with E-state index in [1.54, 1.807) is 0 Å². The summed E-state index contributed by atoms with van der Waals surface area (Å²) < 4.78 is 159. The lowest BCUT2D eigenvalue weighted by atomic mass is 9.94. The van der Waals surface area contributed by atoms with Crippen LogP contribution in [0.1, 0.15) is 32.1 Å². The summed E-state index contributed by atoms with van der Waals surface area (Å²) in [4.78, 5) is 11.3. The smallest absolute Gasteiger partial charge is 0.407 e. The van der Waals surface area contributed by atoms with Crippen LogP contribution in [0.4, 0.5) is 57.5 Å². The molecule has 0 spiro atoms. The molecule has 1 aliphatic carbocycles. The van der Waals surface area contributed by atoms with Crippen molar-refractivity contribution in [1.82, 2.24) is 5.32 Å². The highest BCUT2D eigenvalue weighted by atomic mass is 19.4. The van der Waals surface area contributed by atoms with Crippen LogP contribution in [-0.2, 0) is 4.74 Å². The minimum Gasteiger partial charge on any atom is -0.443 e. The van der Waals surface area contributed by atoms with Crippen LogP contribution in [0.2, 0.25) is 0 Å². The molecule has 1 N–H and O–H groups in total. The number of alkyl carbamates (subject to hydrolysis) is 1. The zero-order valence-corrected chi connectivity index (χ0v) is 14.2. The first-order valence-electron chi connectivity index (χ1n) is 8.02. The molecule has 0 unspecified atom stereocenters. The van der Waals surface area contributed by atoms with Crippen molar-refractivity contribution < 1.29 is 62.2 Å². The van der Waals surface area contributed by atoms with Gasteiger partial charge in [0.15, 0.2) is 6.61 Å². The molecular formula is C14H15F12NO2. The number of carbonyl (C=O) groups is 1. The van der Waals surface area contributed by atoms with Crippen LogP contribution < -0.4 is 5.32 Å². The fourth-order valence-electron chi connectivity index (χ4n) is 2.48. The standard InChI is InChI=1S/C14H15F12NO2/c15-8(16)11(19,20)13(23,24)14(25,26)12(21,22)10(17,18)6-29-9(28)27-7-4-2-1-3-5-7/h7-8H,1-6H2,(H,27,28). The third-order valence-corrected chi connectivity index (χ3v) is 4.25. The van der Waals surface area contributed by atoms with Gasteiger partial charge in [0.25, 0.3) is 0 Å². The topological polar surface area (TPSA) is 38.3 Å². The summed E-state index contributed by atoms with van der Waals surface area (Å²) in [5, 5.41) is 1.96. The Kier molecular flexibility index (Phi) is 7.27. The molecule has 15 heteroatoms. The van der Waals surface area contributed by atoms with Gasteiger partial charge >= 0.3 is 42.1 Å². The monoisotopic (exact) mass is 457 g/mol. The van der Waals surface area contributed by atoms with E-state index in [1.807, 2.05) is 5.32 Å². The molecule has 1 saturated carbocycles. The van der Waals surface area contributed by atoms with E-state index in [2.05, 4.69) is 4.74 Å². The van der Waals surface area contributed by atoms with Gasteiger partial charge in [-0.05, 0) is 12.8 Å². The van der Waals surface area contributed by atoms with Crippen molar-refractivity contribution >= 4 is 6.09 Å². The molecule has 1 rings (SSSR count). The summed E-state index contributed by atoms with van der Waals surface area (Å²) in [6.45, 7) is -2.90. The van der Waals surface area contributed by atoms with E-state index in [0.29, 0.717) is 25.7 Å².